The average molecular weight is 288 g/mol. The Hall–Kier alpha value is -1.76. The number of nitrogens with one attached hydrogen (secondary N) is 1. The summed E-state index contributed by atoms with van der Waals surface area (Å²) in [6.07, 6.45) is -5.48. The van der Waals surface area contributed by atoms with Gasteiger partial charge in [-0.15, -0.1) is 0 Å². The molecule has 2 N–H and O–H groups in total. The van der Waals surface area contributed by atoms with E-state index in [1.54, 1.807) is 0 Å². The fourth-order valence-electron chi connectivity index (χ4n) is 2.29. The topological polar surface area (TPSA) is 52.6 Å². The Balaban J connectivity index is 2.35. The van der Waals surface area contributed by atoms with E-state index in [0.717, 1.165) is 6.07 Å². The van der Waals surface area contributed by atoms with Gasteiger partial charge in [0.1, 0.15) is 0 Å². The summed E-state index contributed by atoms with van der Waals surface area (Å²) in [5, 5.41) is 12.0. The second-order valence-corrected chi connectivity index (χ2v) is 4.68. The Labute approximate surface area is 114 Å². The zero-order valence-electron chi connectivity index (χ0n) is 10.7. The highest BCUT2D eigenvalue weighted by Crippen LogP contribution is 2.29. The fourth-order valence-corrected chi connectivity index (χ4v) is 2.29. The van der Waals surface area contributed by atoms with Gasteiger partial charge in [-0.05, 0) is 23.8 Å². The molecule has 0 bridgehead atoms. The molecule has 20 heavy (non-hydrogen) atoms. The first-order valence-electron chi connectivity index (χ1n) is 6.25. The number of piperazine rings is 1. The summed E-state index contributed by atoms with van der Waals surface area (Å²) in [5.74, 6) is -1.22. The smallest absolute Gasteiger partial charge is 0.393 e. The summed E-state index contributed by atoms with van der Waals surface area (Å²) in [6.45, 7) is 2.62. The molecule has 0 aliphatic carbocycles. The minimum Gasteiger partial charge on any atom is -0.478 e. The van der Waals surface area contributed by atoms with Gasteiger partial charge in [0.05, 0.1) is 12.0 Å². The highest BCUT2D eigenvalue weighted by Gasteiger charge is 2.30. The van der Waals surface area contributed by atoms with Crippen LogP contribution in [0.3, 0.4) is 0 Å². The molecule has 0 unspecified atom stereocenters. The van der Waals surface area contributed by atoms with Crippen molar-refractivity contribution in [2.45, 2.75) is 12.6 Å². The van der Waals surface area contributed by atoms with E-state index >= 15 is 0 Å². The molecule has 110 valence electrons. The van der Waals surface area contributed by atoms with Crippen LogP contribution in [0.5, 0.6) is 0 Å². The number of anilines is 1. The van der Waals surface area contributed by atoms with E-state index in [-0.39, 0.29) is 11.1 Å². The minimum absolute atomic E-state index is 0.0132. The molecule has 1 aromatic carbocycles. The Kier molecular flexibility index (Phi) is 4.17. The largest absolute Gasteiger partial charge is 0.478 e. The van der Waals surface area contributed by atoms with Crippen molar-refractivity contribution in [2.75, 3.05) is 31.1 Å². The average Bonchev–Trinajstić information content (AvgIpc) is 2.37. The molecule has 1 aliphatic rings. The summed E-state index contributed by atoms with van der Waals surface area (Å²) in [7, 11) is 0. The zero-order chi connectivity index (χ0) is 14.8. The van der Waals surface area contributed by atoms with Crippen LogP contribution in [0.25, 0.3) is 0 Å². The molecule has 1 heterocycles. The van der Waals surface area contributed by atoms with E-state index in [1.165, 1.54) is 12.1 Å². The molecule has 0 radical (unpaired) electrons. The second-order valence-electron chi connectivity index (χ2n) is 4.68. The highest BCUT2D eigenvalue weighted by atomic mass is 19.4. The summed E-state index contributed by atoms with van der Waals surface area (Å²) in [6, 6.07) is 3.93. The van der Waals surface area contributed by atoms with E-state index in [9.17, 15) is 18.0 Å². The third-order valence-corrected chi connectivity index (χ3v) is 3.18. The zero-order valence-corrected chi connectivity index (χ0v) is 10.7. The molecule has 1 aromatic rings. The van der Waals surface area contributed by atoms with Crippen molar-refractivity contribution in [3.05, 3.63) is 29.3 Å². The standard InChI is InChI=1S/C13H15F3N2O2/c14-13(15,16)8-10-7-9(12(19)20)1-2-11(10)18-5-3-17-4-6-18/h1-2,7,17H,3-6,8H2,(H,19,20). The lowest BCUT2D eigenvalue weighted by Gasteiger charge is -2.31. The maximum absolute atomic E-state index is 12.6. The molecule has 0 atom stereocenters. The van der Waals surface area contributed by atoms with Gasteiger partial charge in [-0.2, -0.15) is 13.2 Å². The third-order valence-electron chi connectivity index (χ3n) is 3.18. The quantitative estimate of drug-likeness (QED) is 0.892. The van der Waals surface area contributed by atoms with Gasteiger partial charge in [0.2, 0.25) is 0 Å². The molecule has 0 saturated carbocycles. The molecule has 4 nitrogen and oxygen atoms in total. The van der Waals surface area contributed by atoms with Gasteiger partial charge in [0.15, 0.2) is 0 Å². The number of benzene rings is 1. The molecule has 0 aromatic heterocycles. The lowest BCUT2D eigenvalue weighted by molar-refractivity contribution is -0.127. The number of halogens is 3. The van der Waals surface area contributed by atoms with Crippen molar-refractivity contribution in [3.63, 3.8) is 0 Å². The van der Waals surface area contributed by atoms with Gasteiger partial charge in [0.25, 0.3) is 0 Å². The molecule has 1 saturated heterocycles. The Morgan fingerprint density at radius 2 is 1.95 bits per heavy atom. The van der Waals surface area contributed by atoms with Crippen molar-refractivity contribution in [3.8, 4) is 0 Å². The number of carbonyl (C=O) groups is 1. The predicted octanol–water partition coefficient (Wildman–Crippen LogP) is 1.90. The van der Waals surface area contributed by atoms with Crippen molar-refractivity contribution in [1.82, 2.24) is 5.32 Å². The van der Waals surface area contributed by atoms with Crippen LogP contribution in [0, 0.1) is 0 Å². The molecular formula is C13H15F3N2O2. The van der Waals surface area contributed by atoms with Crippen molar-refractivity contribution in [1.29, 1.82) is 0 Å². The molecule has 7 heteroatoms. The summed E-state index contributed by atoms with van der Waals surface area (Å²) in [5.41, 5.74) is 0.358. The number of nitrogens with zero attached hydrogens (tertiary/aromatic N) is 1. The first kappa shape index (κ1) is 14.6. The van der Waals surface area contributed by atoms with Crippen LogP contribution in [0.4, 0.5) is 18.9 Å². The number of hydrogen-bond donors (Lipinski definition) is 2. The van der Waals surface area contributed by atoms with Gasteiger partial charge < -0.3 is 15.3 Å². The van der Waals surface area contributed by atoms with E-state index < -0.39 is 18.6 Å². The molecular weight excluding hydrogens is 273 g/mol. The second kappa shape index (κ2) is 5.70. The molecule has 1 fully saturated rings. The third kappa shape index (κ3) is 3.63. The van der Waals surface area contributed by atoms with Gasteiger partial charge in [-0.3, -0.25) is 0 Å². The van der Waals surface area contributed by atoms with Crippen molar-refractivity contribution in [2.24, 2.45) is 0 Å². The van der Waals surface area contributed by atoms with Crippen molar-refractivity contribution >= 4 is 11.7 Å². The maximum Gasteiger partial charge on any atom is 0.393 e. The van der Waals surface area contributed by atoms with Crippen LogP contribution in [-0.4, -0.2) is 43.4 Å². The van der Waals surface area contributed by atoms with Crippen molar-refractivity contribution < 1.29 is 23.1 Å². The Morgan fingerprint density at radius 1 is 1.30 bits per heavy atom. The number of carboxylic acid groups (broad SMARTS) is 1. The lowest BCUT2D eigenvalue weighted by Crippen LogP contribution is -2.44. The predicted molar refractivity (Wildman–Crippen MR) is 68.2 cm³/mol. The molecule has 0 spiro atoms. The van der Waals surface area contributed by atoms with Crippen LogP contribution in [0.1, 0.15) is 15.9 Å². The fraction of sp³-hybridized carbons (Fsp3) is 0.462. The number of alkyl halides is 3. The van der Waals surface area contributed by atoms with E-state index in [1.807, 2.05) is 4.90 Å². The lowest BCUT2D eigenvalue weighted by atomic mass is 10.0. The normalized spacial score (nSPS) is 16.2. The monoisotopic (exact) mass is 288 g/mol. The first-order chi connectivity index (χ1) is 9.37. The SMILES string of the molecule is O=C(O)c1ccc(N2CCNCC2)c(CC(F)(F)F)c1. The van der Waals surface area contributed by atoms with Crippen LogP contribution >= 0.6 is 0 Å². The van der Waals surface area contributed by atoms with Gasteiger partial charge >= 0.3 is 12.1 Å². The maximum atomic E-state index is 12.6. The van der Waals surface area contributed by atoms with E-state index in [4.69, 9.17) is 5.11 Å². The van der Waals surface area contributed by atoms with Crippen LogP contribution in [-0.2, 0) is 6.42 Å². The number of hydrogen-bond acceptors (Lipinski definition) is 3. The molecule has 1 aliphatic heterocycles. The Morgan fingerprint density at radius 3 is 2.50 bits per heavy atom. The van der Waals surface area contributed by atoms with Crippen LogP contribution in [0.2, 0.25) is 0 Å². The summed E-state index contributed by atoms with van der Waals surface area (Å²) < 4.78 is 37.9. The summed E-state index contributed by atoms with van der Waals surface area (Å²) in [4.78, 5) is 12.8. The molecule has 2 rings (SSSR count). The number of aromatic carboxylic acids is 1. The molecule has 0 amide bonds. The Bertz CT molecular complexity index is 497. The van der Waals surface area contributed by atoms with Gasteiger partial charge in [-0.25, -0.2) is 4.79 Å². The van der Waals surface area contributed by atoms with Crippen LogP contribution < -0.4 is 10.2 Å². The highest BCUT2D eigenvalue weighted by molar-refractivity contribution is 5.88. The van der Waals surface area contributed by atoms with Gasteiger partial charge in [-0.1, -0.05) is 0 Å². The van der Waals surface area contributed by atoms with Crippen LogP contribution in [0.15, 0.2) is 18.2 Å². The number of rotatable bonds is 3. The number of carboxylic acids is 1. The minimum atomic E-state index is -4.36. The summed E-state index contributed by atoms with van der Waals surface area (Å²) >= 11 is 0. The van der Waals surface area contributed by atoms with E-state index in [0.29, 0.717) is 31.9 Å². The van der Waals surface area contributed by atoms with Gasteiger partial charge in [0, 0.05) is 31.9 Å². The first-order valence-corrected chi connectivity index (χ1v) is 6.25. The van der Waals surface area contributed by atoms with E-state index in [2.05, 4.69) is 5.32 Å².